The van der Waals surface area contributed by atoms with E-state index in [2.05, 4.69) is 9.97 Å². The molecule has 1 heterocycles. The summed E-state index contributed by atoms with van der Waals surface area (Å²) in [4.78, 5) is 7.35. The van der Waals surface area contributed by atoms with Crippen LogP contribution in [0.2, 0.25) is 5.02 Å². The Hall–Kier alpha value is -1.91. The van der Waals surface area contributed by atoms with E-state index in [0.29, 0.717) is 4.31 Å². The summed E-state index contributed by atoms with van der Waals surface area (Å²) in [6, 6.07) is 2.42. The maximum Gasteiger partial charge on any atom is 0.409 e. The Morgan fingerprint density at radius 3 is 2.23 bits per heavy atom. The quantitative estimate of drug-likeness (QED) is 0.730. The molecule has 2 rings (SSSR count). The third-order valence-corrected chi connectivity index (χ3v) is 5.56. The average molecular weight is 410 g/mol. The number of halogens is 4. The van der Waals surface area contributed by atoms with E-state index in [-0.39, 0.29) is 16.5 Å². The van der Waals surface area contributed by atoms with Gasteiger partial charge in [0.15, 0.2) is 5.03 Å². The van der Waals surface area contributed by atoms with Gasteiger partial charge in [-0.1, -0.05) is 30.7 Å². The monoisotopic (exact) mass is 409 g/mol. The number of hydrogen-bond donors (Lipinski definition) is 0. The van der Waals surface area contributed by atoms with Crippen LogP contribution in [0.3, 0.4) is 0 Å². The van der Waals surface area contributed by atoms with E-state index in [1.54, 1.807) is 0 Å². The Kier molecular flexibility index (Phi) is 6.09. The number of sulfonamides is 1. The molecule has 11 heteroatoms. The van der Waals surface area contributed by atoms with Crippen LogP contribution in [0.25, 0.3) is 0 Å². The molecule has 1 aromatic heterocycles. The van der Waals surface area contributed by atoms with Gasteiger partial charge in [0, 0.05) is 11.6 Å². The van der Waals surface area contributed by atoms with Gasteiger partial charge in [-0.15, -0.1) is 0 Å². The van der Waals surface area contributed by atoms with Crippen molar-refractivity contribution < 1.29 is 26.3 Å². The van der Waals surface area contributed by atoms with Gasteiger partial charge in [-0.05, 0) is 17.7 Å². The van der Waals surface area contributed by atoms with Gasteiger partial charge >= 0.3 is 6.18 Å². The second kappa shape index (κ2) is 7.77. The smallest absolute Gasteiger partial charge is 0.409 e. The predicted molar refractivity (Wildman–Crippen MR) is 88.4 cm³/mol. The average Bonchev–Trinajstić information content (AvgIpc) is 2.59. The van der Waals surface area contributed by atoms with Crippen LogP contribution < -0.4 is 4.74 Å². The lowest BCUT2D eigenvalue weighted by atomic mass is 10.1. The highest BCUT2D eigenvalue weighted by atomic mass is 35.5. The van der Waals surface area contributed by atoms with E-state index in [9.17, 15) is 21.6 Å². The Bertz CT molecular complexity index is 843. The van der Waals surface area contributed by atoms with E-state index in [1.165, 1.54) is 26.2 Å². The van der Waals surface area contributed by atoms with Gasteiger partial charge in [-0.25, -0.2) is 18.4 Å². The van der Waals surface area contributed by atoms with Crippen molar-refractivity contribution in [2.75, 3.05) is 13.7 Å². The molecule has 0 aliphatic carbocycles. The summed E-state index contributed by atoms with van der Waals surface area (Å²) in [6.07, 6.45) is -2.98. The maximum absolute atomic E-state index is 13.7. The first-order valence-electron chi connectivity index (χ1n) is 7.31. The fourth-order valence-electron chi connectivity index (χ4n) is 2.32. The maximum atomic E-state index is 13.7. The number of methoxy groups -OCH3 is 1. The minimum atomic E-state index is -4.85. The summed E-state index contributed by atoms with van der Waals surface area (Å²) in [7, 11) is -3.26. The van der Waals surface area contributed by atoms with Gasteiger partial charge in [0.2, 0.25) is 5.88 Å². The van der Waals surface area contributed by atoms with Crippen molar-refractivity contribution in [1.29, 1.82) is 0 Å². The zero-order valence-corrected chi connectivity index (χ0v) is 15.3. The number of hydrogen-bond acceptors (Lipinski definition) is 5. The van der Waals surface area contributed by atoms with Crippen LogP contribution >= 0.6 is 11.6 Å². The first kappa shape index (κ1) is 20.4. The Labute approximate surface area is 153 Å². The zero-order chi connectivity index (χ0) is 19.5. The van der Waals surface area contributed by atoms with Crippen LogP contribution in [0.5, 0.6) is 5.88 Å². The summed E-state index contributed by atoms with van der Waals surface area (Å²) in [5.41, 5.74) is -0.256. The molecule has 1 atom stereocenters. The molecule has 0 amide bonds. The molecule has 0 N–H and O–H groups in total. The summed E-state index contributed by atoms with van der Waals surface area (Å²) in [5, 5.41) is -0.370. The lowest BCUT2D eigenvalue weighted by Gasteiger charge is -2.31. The fourth-order valence-corrected chi connectivity index (χ4v) is 3.91. The van der Waals surface area contributed by atoms with Crippen LogP contribution in [0, 0.1) is 0 Å². The van der Waals surface area contributed by atoms with Crippen molar-refractivity contribution in [3.63, 3.8) is 0 Å². The third-order valence-electron chi connectivity index (χ3n) is 3.48. The molecule has 2 aromatic rings. The van der Waals surface area contributed by atoms with E-state index in [1.807, 2.05) is 0 Å². The van der Waals surface area contributed by atoms with Gasteiger partial charge in [0.05, 0.1) is 19.5 Å². The minimum absolute atomic E-state index is 0.0390. The van der Waals surface area contributed by atoms with Crippen LogP contribution in [0.15, 0.2) is 41.7 Å². The molecule has 26 heavy (non-hydrogen) atoms. The lowest BCUT2D eigenvalue weighted by Crippen LogP contribution is -2.42. The van der Waals surface area contributed by atoms with E-state index in [4.69, 9.17) is 16.3 Å². The molecule has 0 spiro atoms. The van der Waals surface area contributed by atoms with Crippen molar-refractivity contribution in [3.05, 3.63) is 47.2 Å². The first-order chi connectivity index (χ1) is 12.1. The Morgan fingerprint density at radius 1 is 1.19 bits per heavy atom. The molecule has 0 aliphatic heterocycles. The predicted octanol–water partition coefficient (Wildman–Crippen LogP) is 3.45. The Morgan fingerprint density at radius 2 is 1.81 bits per heavy atom. The highest BCUT2D eigenvalue weighted by Gasteiger charge is 2.49. The van der Waals surface area contributed by atoms with Crippen molar-refractivity contribution in [2.45, 2.75) is 24.2 Å². The molecule has 0 fully saturated rings. The van der Waals surface area contributed by atoms with E-state index < -0.39 is 33.8 Å². The van der Waals surface area contributed by atoms with Crippen molar-refractivity contribution in [3.8, 4) is 5.88 Å². The summed E-state index contributed by atoms with van der Waals surface area (Å²) < 4.78 is 71.7. The number of ether oxygens (including phenoxy) is 1. The Balaban J connectivity index is 2.54. The molecule has 142 valence electrons. The molecule has 0 bridgehead atoms. The van der Waals surface area contributed by atoms with E-state index >= 15 is 0 Å². The number of benzene rings is 1. The molecular weight excluding hydrogens is 395 g/mol. The third kappa shape index (κ3) is 4.25. The molecule has 0 aliphatic rings. The number of nitrogens with zero attached hydrogens (tertiary/aromatic N) is 3. The van der Waals surface area contributed by atoms with Crippen molar-refractivity contribution >= 4 is 21.6 Å². The molecule has 0 saturated carbocycles. The van der Waals surface area contributed by atoms with Gasteiger partial charge in [0.1, 0.15) is 6.04 Å². The lowest BCUT2D eigenvalue weighted by molar-refractivity contribution is -0.173. The summed E-state index contributed by atoms with van der Waals surface area (Å²) in [6.45, 7) is 0.881. The SMILES string of the molecule is CCN([C@H](c1ccc(Cl)cc1)C(F)(F)F)S(=O)(=O)c1cnc(OC)cn1. The van der Waals surface area contributed by atoms with Crippen LogP contribution in [-0.2, 0) is 10.0 Å². The second-order valence-corrected chi connectivity index (χ2v) is 7.37. The van der Waals surface area contributed by atoms with Gasteiger partial charge in [0.25, 0.3) is 10.0 Å². The van der Waals surface area contributed by atoms with E-state index in [0.717, 1.165) is 24.5 Å². The standard InChI is InChI=1S/C15H15ClF3N3O3S/c1-3-22(26(23,24)13-9-20-12(25-2)8-21-13)14(15(17,18)19)10-4-6-11(16)7-5-10/h4-9,14H,3H2,1-2H3/t14-/m1/s1. The van der Waals surface area contributed by atoms with Gasteiger partial charge in [-0.2, -0.15) is 17.5 Å². The zero-order valence-electron chi connectivity index (χ0n) is 13.7. The molecule has 1 aromatic carbocycles. The second-order valence-electron chi connectivity index (χ2n) is 5.10. The van der Waals surface area contributed by atoms with Crippen LogP contribution in [0.1, 0.15) is 18.5 Å². The van der Waals surface area contributed by atoms with Crippen molar-refractivity contribution in [2.24, 2.45) is 0 Å². The number of alkyl halides is 3. The molecular formula is C15H15ClF3N3O3S. The van der Waals surface area contributed by atoms with Crippen LogP contribution in [0.4, 0.5) is 13.2 Å². The molecule has 0 unspecified atom stereocenters. The highest BCUT2D eigenvalue weighted by Crippen LogP contribution is 2.40. The summed E-state index contributed by atoms with van der Waals surface area (Å²) in [5.74, 6) is 0.0390. The largest absolute Gasteiger partial charge is 0.480 e. The number of rotatable bonds is 6. The topological polar surface area (TPSA) is 72.4 Å². The van der Waals surface area contributed by atoms with Gasteiger partial charge in [-0.3, -0.25) is 0 Å². The highest BCUT2D eigenvalue weighted by molar-refractivity contribution is 7.89. The van der Waals surface area contributed by atoms with Gasteiger partial charge < -0.3 is 4.74 Å². The van der Waals surface area contributed by atoms with Crippen molar-refractivity contribution in [1.82, 2.24) is 14.3 Å². The summed E-state index contributed by atoms with van der Waals surface area (Å²) >= 11 is 5.72. The molecule has 0 radical (unpaired) electrons. The molecule has 0 saturated heterocycles. The normalized spacial score (nSPS) is 13.7. The van der Waals surface area contributed by atoms with Crippen LogP contribution in [-0.4, -0.2) is 42.5 Å². The first-order valence-corrected chi connectivity index (χ1v) is 9.13. The molecule has 6 nitrogen and oxygen atoms in total. The fraction of sp³-hybridized carbons (Fsp3) is 0.333. The number of aromatic nitrogens is 2. The minimum Gasteiger partial charge on any atom is -0.480 e.